The van der Waals surface area contributed by atoms with Gasteiger partial charge in [0.05, 0.1) is 17.1 Å². The first-order valence-corrected chi connectivity index (χ1v) is 4.77. The molecule has 0 aliphatic carbocycles. The number of carbonyl (C=O) groups excluding carboxylic acids is 1. The van der Waals surface area contributed by atoms with Gasteiger partial charge in [-0.1, -0.05) is 0 Å². The topological polar surface area (TPSA) is 26.3 Å². The number of ketones is 1. The number of carbonyl (C=O) groups is 1. The summed E-state index contributed by atoms with van der Waals surface area (Å²) in [6.07, 6.45) is -4.66. The third kappa shape index (κ3) is 2.51. The molecule has 0 amide bonds. The van der Waals surface area contributed by atoms with Gasteiger partial charge in [-0.05, 0) is 34.1 Å². The molecule has 0 radical (unpaired) electrons. The van der Waals surface area contributed by atoms with Crippen molar-refractivity contribution in [1.82, 2.24) is 0 Å². The van der Waals surface area contributed by atoms with Crippen molar-refractivity contribution in [1.29, 1.82) is 0 Å². The molecule has 0 N–H and O–H groups in total. The molecule has 1 heterocycles. The first-order valence-electron chi connectivity index (χ1n) is 4.77. The summed E-state index contributed by atoms with van der Waals surface area (Å²) in [4.78, 5) is 11.2. The van der Waals surface area contributed by atoms with E-state index >= 15 is 0 Å². The predicted molar refractivity (Wildman–Crippen MR) is 48.4 cm³/mol. The number of ether oxygens (including phenoxy) is 1. The molecule has 5 heteroatoms. The van der Waals surface area contributed by atoms with Gasteiger partial charge in [0.25, 0.3) is 0 Å². The van der Waals surface area contributed by atoms with Crippen LogP contribution < -0.4 is 0 Å². The number of hydrogen-bond donors (Lipinski definition) is 0. The van der Waals surface area contributed by atoms with E-state index in [-0.39, 0.29) is 6.42 Å². The fourth-order valence-corrected chi connectivity index (χ4v) is 2.17. The highest BCUT2D eigenvalue weighted by Gasteiger charge is 2.56. The Balaban J connectivity index is 2.93. The molecule has 1 atom stereocenters. The Labute approximate surface area is 86.8 Å². The molecule has 1 fully saturated rings. The number of halogens is 3. The molecule has 2 nitrogen and oxygen atoms in total. The molecule has 1 aliphatic rings. The van der Waals surface area contributed by atoms with E-state index in [1.54, 1.807) is 13.8 Å². The van der Waals surface area contributed by atoms with Crippen molar-refractivity contribution in [3.8, 4) is 0 Å². The highest BCUT2D eigenvalue weighted by atomic mass is 19.4. The minimum atomic E-state index is -4.77. The van der Waals surface area contributed by atoms with Crippen molar-refractivity contribution < 1.29 is 22.7 Å². The van der Waals surface area contributed by atoms with Crippen LogP contribution >= 0.6 is 0 Å². The average Bonchev–Trinajstić information content (AvgIpc) is 2.15. The van der Waals surface area contributed by atoms with E-state index in [1.807, 2.05) is 0 Å². The second-order valence-electron chi connectivity index (χ2n) is 5.08. The van der Waals surface area contributed by atoms with Crippen LogP contribution in [0.25, 0.3) is 0 Å². The summed E-state index contributed by atoms with van der Waals surface area (Å²) >= 11 is 0. The molecule has 1 aliphatic heterocycles. The lowest BCUT2D eigenvalue weighted by molar-refractivity contribution is -0.180. The van der Waals surface area contributed by atoms with Gasteiger partial charge in [-0.25, -0.2) is 0 Å². The SMILES string of the molecule is CC1(C)CC(C(=O)C(F)(F)F)C(C)(C)O1. The zero-order chi connectivity index (χ0) is 12.1. The molecule has 1 saturated heterocycles. The fourth-order valence-electron chi connectivity index (χ4n) is 2.17. The number of rotatable bonds is 1. The first-order chi connectivity index (χ1) is 6.46. The van der Waals surface area contributed by atoms with Crippen molar-refractivity contribution in [3.05, 3.63) is 0 Å². The standard InChI is InChI=1S/C10H15F3O2/c1-8(2)5-6(9(3,4)15-8)7(14)10(11,12)13/h6H,5H2,1-4H3. The van der Waals surface area contributed by atoms with Crippen LogP contribution in [0.4, 0.5) is 13.2 Å². The van der Waals surface area contributed by atoms with E-state index in [0.717, 1.165) is 0 Å². The van der Waals surface area contributed by atoms with Gasteiger partial charge in [-0.2, -0.15) is 13.2 Å². The van der Waals surface area contributed by atoms with Crippen molar-refractivity contribution >= 4 is 5.78 Å². The lowest BCUT2D eigenvalue weighted by atomic mass is 9.84. The molecule has 0 aromatic heterocycles. The Morgan fingerprint density at radius 3 is 2.00 bits per heavy atom. The minimum Gasteiger partial charge on any atom is -0.369 e. The third-order valence-electron chi connectivity index (χ3n) is 2.67. The third-order valence-corrected chi connectivity index (χ3v) is 2.67. The van der Waals surface area contributed by atoms with Crippen LogP contribution in [0, 0.1) is 5.92 Å². The van der Waals surface area contributed by atoms with Crippen LogP contribution in [0.5, 0.6) is 0 Å². The van der Waals surface area contributed by atoms with Gasteiger partial charge in [0.2, 0.25) is 5.78 Å². The number of Topliss-reactive ketones (excluding diaryl/α,β-unsaturated/α-hetero) is 1. The largest absolute Gasteiger partial charge is 0.450 e. The molecule has 0 aromatic rings. The average molecular weight is 224 g/mol. The van der Waals surface area contributed by atoms with E-state index in [4.69, 9.17) is 4.74 Å². The normalized spacial score (nSPS) is 29.1. The van der Waals surface area contributed by atoms with Crippen LogP contribution in [-0.2, 0) is 9.53 Å². The summed E-state index contributed by atoms with van der Waals surface area (Å²) in [7, 11) is 0. The highest BCUT2D eigenvalue weighted by Crippen LogP contribution is 2.44. The summed E-state index contributed by atoms with van der Waals surface area (Å²) in [5.74, 6) is -2.79. The molecular formula is C10H15F3O2. The summed E-state index contributed by atoms with van der Waals surface area (Å²) in [6.45, 7) is 6.43. The quantitative estimate of drug-likeness (QED) is 0.684. The molecule has 0 spiro atoms. The molecule has 1 rings (SSSR count). The maximum absolute atomic E-state index is 12.3. The van der Waals surface area contributed by atoms with Crippen molar-refractivity contribution in [2.45, 2.75) is 51.5 Å². The monoisotopic (exact) mass is 224 g/mol. The van der Waals surface area contributed by atoms with Gasteiger partial charge in [0.15, 0.2) is 0 Å². The van der Waals surface area contributed by atoms with Gasteiger partial charge in [-0.15, -0.1) is 0 Å². The Morgan fingerprint density at radius 1 is 1.27 bits per heavy atom. The maximum atomic E-state index is 12.3. The fraction of sp³-hybridized carbons (Fsp3) is 0.900. The van der Waals surface area contributed by atoms with Crippen LogP contribution in [0.3, 0.4) is 0 Å². The summed E-state index contributed by atoms with van der Waals surface area (Å²) in [6, 6.07) is 0. The van der Waals surface area contributed by atoms with E-state index in [9.17, 15) is 18.0 Å². The van der Waals surface area contributed by atoms with E-state index in [2.05, 4.69) is 0 Å². The van der Waals surface area contributed by atoms with E-state index in [0.29, 0.717) is 0 Å². The maximum Gasteiger partial charge on any atom is 0.450 e. The lowest BCUT2D eigenvalue weighted by Crippen LogP contribution is -2.40. The van der Waals surface area contributed by atoms with Gasteiger partial charge in [0, 0.05) is 0 Å². The van der Waals surface area contributed by atoms with Gasteiger partial charge >= 0.3 is 6.18 Å². The predicted octanol–water partition coefficient (Wildman–Crippen LogP) is 2.71. The molecule has 15 heavy (non-hydrogen) atoms. The Bertz CT molecular complexity index is 279. The van der Waals surface area contributed by atoms with E-state index < -0.39 is 29.1 Å². The first kappa shape index (κ1) is 12.5. The van der Waals surface area contributed by atoms with Gasteiger partial charge < -0.3 is 4.74 Å². The second-order valence-corrected chi connectivity index (χ2v) is 5.08. The number of alkyl halides is 3. The zero-order valence-corrected chi connectivity index (χ0v) is 9.23. The van der Waals surface area contributed by atoms with Crippen LogP contribution in [0.15, 0.2) is 0 Å². The number of hydrogen-bond acceptors (Lipinski definition) is 2. The lowest BCUT2D eigenvalue weighted by Gasteiger charge is -2.26. The van der Waals surface area contributed by atoms with Crippen LogP contribution in [0.1, 0.15) is 34.1 Å². The van der Waals surface area contributed by atoms with Gasteiger partial charge in [-0.3, -0.25) is 4.79 Å². The Kier molecular flexibility index (Phi) is 2.67. The smallest absolute Gasteiger partial charge is 0.369 e. The Morgan fingerprint density at radius 2 is 1.73 bits per heavy atom. The van der Waals surface area contributed by atoms with E-state index in [1.165, 1.54) is 13.8 Å². The van der Waals surface area contributed by atoms with Gasteiger partial charge in [0.1, 0.15) is 0 Å². The molecular weight excluding hydrogens is 209 g/mol. The van der Waals surface area contributed by atoms with Crippen LogP contribution in [-0.4, -0.2) is 23.2 Å². The summed E-state index contributed by atoms with van der Waals surface area (Å²) in [5.41, 5.74) is -1.72. The van der Waals surface area contributed by atoms with Crippen molar-refractivity contribution in [3.63, 3.8) is 0 Å². The summed E-state index contributed by atoms with van der Waals surface area (Å²) in [5, 5.41) is 0. The van der Waals surface area contributed by atoms with Crippen molar-refractivity contribution in [2.24, 2.45) is 5.92 Å². The highest BCUT2D eigenvalue weighted by molar-refractivity contribution is 5.87. The molecule has 0 bridgehead atoms. The zero-order valence-electron chi connectivity index (χ0n) is 9.23. The molecule has 1 unspecified atom stereocenters. The molecule has 0 aromatic carbocycles. The van der Waals surface area contributed by atoms with Crippen molar-refractivity contribution in [2.75, 3.05) is 0 Å². The second kappa shape index (κ2) is 3.20. The minimum absolute atomic E-state index is 0.109. The molecule has 0 saturated carbocycles. The summed E-state index contributed by atoms with van der Waals surface area (Å²) < 4.78 is 42.3. The molecule has 88 valence electrons. The van der Waals surface area contributed by atoms with Crippen LogP contribution in [0.2, 0.25) is 0 Å². The Hall–Kier alpha value is -0.580.